The van der Waals surface area contributed by atoms with Gasteiger partial charge in [-0.2, -0.15) is 4.98 Å². The lowest BCUT2D eigenvalue weighted by Crippen LogP contribution is -2.06. The number of carbonyl (C=O) groups excluding carboxylic acids is 1. The number of aromatic nitrogens is 2. The molecule has 0 radical (unpaired) electrons. The highest BCUT2D eigenvalue weighted by Gasteiger charge is 2.06. The smallest absolute Gasteiger partial charge is 0.229 e. The number of ether oxygens (including phenoxy) is 2. The predicted molar refractivity (Wildman–Crippen MR) is 113 cm³/mol. The van der Waals surface area contributed by atoms with E-state index in [1.54, 1.807) is 26.5 Å². The summed E-state index contributed by atoms with van der Waals surface area (Å²) in [6.07, 6.45) is 1.68. The average molecular weight is 393 g/mol. The van der Waals surface area contributed by atoms with Crippen LogP contribution in [0.15, 0.2) is 54.7 Å². The first kappa shape index (κ1) is 19.9. The Labute approximate surface area is 169 Å². The van der Waals surface area contributed by atoms with E-state index in [0.29, 0.717) is 29.8 Å². The van der Waals surface area contributed by atoms with Crippen molar-refractivity contribution in [2.24, 2.45) is 0 Å². The lowest BCUT2D eigenvalue weighted by atomic mass is 10.2. The molecule has 0 fully saturated rings. The van der Waals surface area contributed by atoms with Crippen molar-refractivity contribution in [2.45, 2.75) is 13.5 Å². The number of hydrogen-bond donors (Lipinski definition) is 3. The van der Waals surface area contributed by atoms with Gasteiger partial charge < -0.3 is 25.4 Å². The first-order valence-corrected chi connectivity index (χ1v) is 9.00. The van der Waals surface area contributed by atoms with Gasteiger partial charge in [-0.05, 0) is 48.0 Å². The molecule has 3 N–H and O–H groups in total. The molecule has 0 aliphatic carbocycles. The van der Waals surface area contributed by atoms with Crippen LogP contribution in [0.3, 0.4) is 0 Å². The van der Waals surface area contributed by atoms with Gasteiger partial charge in [0.2, 0.25) is 11.9 Å². The highest BCUT2D eigenvalue weighted by molar-refractivity contribution is 5.88. The van der Waals surface area contributed by atoms with Crippen molar-refractivity contribution in [3.8, 4) is 11.5 Å². The lowest BCUT2D eigenvalue weighted by molar-refractivity contribution is -0.114. The second kappa shape index (κ2) is 9.41. The average Bonchev–Trinajstić information content (AvgIpc) is 2.73. The van der Waals surface area contributed by atoms with E-state index in [4.69, 9.17) is 9.47 Å². The van der Waals surface area contributed by atoms with E-state index in [1.807, 2.05) is 42.5 Å². The lowest BCUT2D eigenvalue weighted by Gasteiger charge is -2.11. The number of methoxy groups -OCH3 is 2. The summed E-state index contributed by atoms with van der Waals surface area (Å²) >= 11 is 0. The van der Waals surface area contributed by atoms with Crippen molar-refractivity contribution >= 4 is 29.0 Å². The molecule has 8 nitrogen and oxygen atoms in total. The fourth-order valence-corrected chi connectivity index (χ4v) is 2.67. The molecule has 0 atom stereocenters. The van der Waals surface area contributed by atoms with Gasteiger partial charge in [0.15, 0.2) is 11.5 Å². The molecule has 3 rings (SSSR count). The van der Waals surface area contributed by atoms with Crippen molar-refractivity contribution in [2.75, 3.05) is 30.2 Å². The maximum atomic E-state index is 11.1. The van der Waals surface area contributed by atoms with Gasteiger partial charge in [0.1, 0.15) is 5.82 Å². The number of amides is 1. The zero-order valence-electron chi connectivity index (χ0n) is 16.5. The fourth-order valence-electron chi connectivity index (χ4n) is 2.67. The predicted octanol–water partition coefficient (Wildman–Crippen LogP) is 3.81. The van der Waals surface area contributed by atoms with Crippen LogP contribution in [0.1, 0.15) is 12.5 Å². The van der Waals surface area contributed by atoms with Crippen molar-refractivity contribution in [1.29, 1.82) is 0 Å². The van der Waals surface area contributed by atoms with Crippen molar-refractivity contribution < 1.29 is 14.3 Å². The second-order valence-electron chi connectivity index (χ2n) is 6.19. The summed E-state index contributed by atoms with van der Waals surface area (Å²) in [6.45, 7) is 2.04. The van der Waals surface area contributed by atoms with Gasteiger partial charge in [0.05, 0.1) is 14.2 Å². The summed E-state index contributed by atoms with van der Waals surface area (Å²) in [5, 5.41) is 9.14. The molecule has 0 saturated heterocycles. The van der Waals surface area contributed by atoms with Crippen LogP contribution < -0.4 is 25.4 Å². The molecule has 0 saturated carbocycles. The summed E-state index contributed by atoms with van der Waals surface area (Å²) in [6, 6.07) is 14.9. The van der Waals surface area contributed by atoms with E-state index >= 15 is 0 Å². The maximum absolute atomic E-state index is 11.1. The van der Waals surface area contributed by atoms with Crippen LogP contribution in [0.4, 0.5) is 23.1 Å². The third-order valence-electron chi connectivity index (χ3n) is 4.04. The standard InChI is InChI=1S/C21H23N5O3/c1-14(27)24-16-5-7-17(8-6-16)25-21-22-11-10-20(26-21)23-13-15-4-9-18(28-2)19(12-15)29-3/h4-12H,13H2,1-3H3,(H,24,27)(H2,22,23,25,26). The van der Waals surface area contributed by atoms with Crippen LogP contribution in [0, 0.1) is 0 Å². The molecule has 1 amide bonds. The third kappa shape index (κ3) is 5.58. The van der Waals surface area contributed by atoms with Crippen molar-refractivity contribution in [3.63, 3.8) is 0 Å². The van der Waals surface area contributed by atoms with E-state index in [0.717, 1.165) is 16.9 Å². The first-order chi connectivity index (χ1) is 14.1. The number of anilines is 4. The highest BCUT2D eigenvalue weighted by atomic mass is 16.5. The van der Waals surface area contributed by atoms with Gasteiger partial charge in [0, 0.05) is 31.0 Å². The minimum atomic E-state index is -0.109. The van der Waals surface area contributed by atoms with E-state index in [9.17, 15) is 4.79 Å². The summed E-state index contributed by atoms with van der Waals surface area (Å²) in [5.41, 5.74) is 2.58. The highest BCUT2D eigenvalue weighted by Crippen LogP contribution is 2.27. The zero-order valence-corrected chi connectivity index (χ0v) is 16.5. The van der Waals surface area contributed by atoms with Crippen molar-refractivity contribution in [1.82, 2.24) is 9.97 Å². The normalized spacial score (nSPS) is 10.2. The molecule has 150 valence electrons. The molecular weight excluding hydrogens is 370 g/mol. The SMILES string of the molecule is COc1ccc(CNc2ccnc(Nc3ccc(NC(C)=O)cc3)n2)cc1OC. The van der Waals surface area contributed by atoms with Gasteiger partial charge >= 0.3 is 0 Å². The monoisotopic (exact) mass is 393 g/mol. The van der Waals surface area contributed by atoms with Crippen molar-refractivity contribution in [3.05, 3.63) is 60.3 Å². The Kier molecular flexibility index (Phi) is 6.47. The number of carbonyl (C=O) groups is 1. The Morgan fingerprint density at radius 2 is 1.69 bits per heavy atom. The van der Waals surface area contributed by atoms with Crippen LogP contribution in [-0.4, -0.2) is 30.1 Å². The molecular formula is C21H23N5O3. The molecule has 0 bridgehead atoms. The van der Waals surface area contributed by atoms with Gasteiger partial charge in [-0.25, -0.2) is 4.98 Å². The van der Waals surface area contributed by atoms with Gasteiger partial charge in [-0.3, -0.25) is 4.79 Å². The van der Waals surface area contributed by atoms with Gasteiger partial charge in [-0.1, -0.05) is 6.07 Å². The molecule has 2 aromatic carbocycles. The number of nitrogens with zero attached hydrogens (tertiary/aromatic N) is 2. The number of hydrogen-bond acceptors (Lipinski definition) is 7. The van der Waals surface area contributed by atoms with Crippen LogP contribution in [0.25, 0.3) is 0 Å². The Morgan fingerprint density at radius 1 is 0.966 bits per heavy atom. The summed E-state index contributed by atoms with van der Waals surface area (Å²) in [5.74, 6) is 2.41. The quantitative estimate of drug-likeness (QED) is 0.535. The van der Waals surface area contributed by atoms with Gasteiger partial charge in [-0.15, -0.1) is 0 Å². The van der Waals surface area contributed by atoms with Gasteiger partial charge in [0.25, 0.3) is 0 Å². The minimum absolute atomic E-state index is 0.109. The molecule has 29 heavy (non-hydrogen) atoms. The largest absolute Gasteiger partial charge is 0.493 e. The maximum Gasteiger partial charge on any atom is 0.229 e. The first-order valence-electron chi connectivity index (χ1n) is 9.00. The molecule has 1 aromatic heterocycles. The summed E-state index contributed by atoms with van der Waals surface area (Å²) < 4.78 is 10.6. The van der Waals surface area contributed by atoms with Crippen LogP contribution >= 0.6 is 0 Å². The zero-order chi connectivity index (χ0) is 20.6. The number of rotatable bonds is 8. The van der Waals surface area contributed by atoms with Crippen LogP contribution in [-0.2, 0) is 11.3 Å². The topological polar surface area (TPSA) is 97.4 Å². The number of benzene rings is 2. The molecule has 0 spiro atoms. The van der Waals surface area contributed by atoms with Crippen LogP contribution in [0.5, 0.6) is 11.5 Å². The molecule has 8 heteroatoms. The Bertz CT molecular complexity index is 976. The van der Waals surface area contributed by atoms with E-state index < -0.39 is 0 Å². The third-order valence-corrected chi connectivity index (χ3v) is 4.04. The Hall–Kier alpha value is -3.81. The number of nitrogens with one attached hydrogen (secondary N) is 3. The Morgan fingerprint density at radius 3 is 2.38 bits per heavy atom. The molecule has 3 aromatic rings. The molecule has 0 aliphatic heterocycles. The molecule has 1 heterocycles. The molecule has 0 aliphatic rings. The second-order valence-corrected chi connectivity index (χ2v) is 6.19. The van der Waals surface area contributed by atoms with E-state index in [1.165, 1.54) is 6.92 Å². The summed E-state index contributed by atoms with van der Waals surface area (Å²) in [7, 11) is 3.22. The van der Waals surface area contributed by atoms with E-state index in [2.05, 4.69) is 25.9 Å². The minimum Gasteiger partial charge on any atom is -0.493 e. The fraction of sp³-hybridized carbons (Fsp3) is 0.190. The molecule has 0 unspecified atom stereocenters. The van der Waals surface area contributed by atoms with Crippen LogP contribution in [0.2, 0.25) is 0 Å². The van der Waals surface area contributed by atoms with E-state index in [-0.39, 0.29) is 5.91 Å². The summed E-state index contributed by atoms with van der Waals surface area (Å²) in [4.78, 5) is 19.8. The Balaban J connectivity index is 1.63.